The van der Waals surface area contributed by atoms with Crippen LogP contribution in [-0.4, -0.2) is 48.8 Å². The smallest absolute Gasteiger partial charge is 0.407 e. The van der Waals surface area contributed by atoms with Crippen LogP contribution in [0, 0.1) is 0 Å². The van der Waals surface area contributed by atoms with Gasteiger partial charge in [-0.2, -0.15) is 0 Å². The molecule has 0 N–H and O–H groups in total. The van der Waals surface area contributed by atoms with E-state index in [9.17, 15) is 9.59 Å². The number of ether oxygens (including phenoxy) is 4. The van der Waals surface area contributed by atoms with Crippen LogP contribution >= 0.6 is 0 Å². The molecule has 3 saturated heterocycles. The second kappa shape index (κ2) is 5.28. The lowest BCUT2D eigenvalue weighted by Crippen LogP contribution is -2.59. The summed E-state index contributed by atoms with van der Waals surface area (Å²) in [4.78, 5) is 27.0. The Morgan fingerprint density at radius 1 is 1.12 bits per heavy atom. The minimum Gasteiger partial charge on any atom is -0.407 e. The van der Waals surface area contributed by atoms with Gasteiger partial charge in [-0.1, -0.05) is 6.07 Å². The molecule has 3 atom stereocenters. The van der Waals surface area contributed by atoms with Gasteiger partial charge in [-0.3, -0.25) is 9.69 Å². The van der Waals surface area contributed by atoms with Gasteiger partial charge in [0.25, 0.3) is 5.79 Å². The van der Waals surface area contributed by atoms with Crippen molar-refractivity contribution in [1.82, 2.24) is 0 Å². The summed E-state index contributed by atoms with van der Waals surface area (Å²) in [5.41, 5.74) is 3.30. The highest BCUT2D eigenvalue weighted by Crippen LogP contribution is 2.40. The Kier molecular flexibility index (Phi) is 3.30. The number of carbonyl (C=O) groups excluding carboxylic acids is 2. The normalized spacial score (nSPS) is 34.9. The van der Waals surface area contributed by atoms with Crippen LogP contribution in [0.1, 0.15) is 31.4 Å². The highest BCUT2D eigenvalue weighted by atomic mass is 16.8. The molecule has 3 fully saturated rings. The number of Topliss-reactive ketones (excluding diaryl/α,β-unsaturated/α-hetero) is 1. The van der Waals surface area contributed by atoms with E-state index in [-0.39, 0.29) is 13.2 Å². The minimum absolute atomic E-state index is 0.0243. The predicted molar refractivity (Wildman–Crippen MR) is 89.8 cm³/mol. The first-order valence-electron chi connectivity index (χ1n) is 9.03. The van der Waals surface area contributed by atoms with E-state index >= 15 is 0 Å². The van der Waals surface area contributed by atoms with Crippen LogP contribution < -0.4 is 4.90 Å². The molecule has 1 aliphatic carbocycles. The predicted octanol–water partition coefficient (Wildman–Crippen LogP) is 1.95. The van der Waals surface area contributed by atoms with E-state index in [0.717, 1.165) is 24.9 Å². The van der Waals surface area contributed by atoms with Crippen LogP contribution in [0.4, 0.5) is 10.5 Å². The molecule has 5 rings (SSSR count). The van der Waals surface area contributed by atoms with Crippen LogP contribution in [-0.2, 0) is 36.6 Å². The second-order valence-corrected chi connectivity index (χ2v) is 7.78. The van der Waals surface area contributed by atoms with Gasteiger partial charge >= 0.3 is 6.09 Å². The van der Waals surface area contributed by atoms with E-state index in [2.05, 4.69) is 0 Å². The third kappa shape index (κ3) is 2.31. The molecule has 3 heterocycles. The van der Waals surface area contributed by atoms with Crippen molar-refractivity contribution in [2.24, 2.45) is 0 Å². The Balaban J connectivity index is 1.42. The van der Waals surface area contributed by atoms with Crippen molar-refractivity contribution in [1.29, 1.82) is 0 Å². The number of amides is 1. The topological polar surface area (TPSA) is 74.3 Å². The highest BCUT2D eigenvalue weighted by Gasteiger charge is 2.63. The molecular weight excluding hydrogens is 338 g/mol. The summed E-state index contributed by atoms with van der Waals surface area (Å²) in [5, 5.41) is 0. The molecule has 0 saturated carbocycles. The van der Waals surface area contributed by atoms with Gasteiger partial charge in [0.1, 0.15) is 12.6 Å². The number of aryl methyl sites for hydroxylation is 2. The number of rotatable bonds is 1. The summed E-state index contributed by atoms with van der Waals surface area (Å²) in [6.45, 7) is 3.67. The van der Waals surface area contributed by atoms with Crippen molar-refractivity contribution in [3.8, 4) is 0 Å². The molecule has 3 aliphatic heterocycles. The van der Waals surface area contributed by atoms with Crippen LogP contribution in [0.25, 0.3) is 0 Å². The molecule has 0 aromatic heterocycles. The maximum atomic E-state index is 13.0. The Hall–Kier alpha value is -1.96. The standard InChI is InChI=1S/C19H21NO6/c1-18(2)24-14-9-23-19(16(21)15(14)25-18)10-20(17(22)26-19)13-7-6-11-4-3-5-12(11)8-13/h6-8,14-15H,3-5,9-10H2,1-2H3/t14-,15-,19+/m1/s1. The number of benzene rings is 1. The average Bonchev–Trinajstić information content (AvgIpc) is 3.26. The lowest BCUT2D eigenvalue weighted by molar-refractivity contribution is -0.218. The number of hydrogen-bond acceptors (Lipinski definition) is 6. The van der Waals surface area contributed by atoms with Crippen molar-refractivity contribution in [2.75, 3.05) is 18.1 Å². The number of fused-ring (bicyclic) bond motifs is 2. The largest absolute Gasteiger partial charge is 0.417 e. The van der Waals surface area contributed by atoms with Crippen LogP contribution in [0.15, 0.2) is 18.2 Å². The third-order valence-corrected chi connectivity index (χ3v) is 5.53. The van der Waals surface area contributed by atoms with Crippen LogP contribution in [0.5, 0.6) is 0 Å². The fourth-order valence-electron chi connectivity index (χ4n) is 4.31. The first kappa shape index (κ1) is 16.2. The average molecular weight is 359 g/mol. The number of hydrogen-bond donors (Lipinski definition) is 0. The van der Waals surface area contributed by atoms with Gasteiger partial charge in [-0.25, -0.2) is 4.79 Å². The maximum Gasteiger partial charge on any atom is 0.417 e. The summed E-state index contributed by atoms with van der Waals surface area (Å²) in [6.07, 6.45) is 1.37. The van der Waals surface area contributed by atoms with E-state index in [1.165, 1.54) is 16.0 Å². The van der Waals surface area contributed by atoms with Gasteiger partial charge in [0.05, 0.1) is 6.61 Å². The fourth-order valence-corrected chi connectivity index (χ4v) is 4.31. The van der Waals surface area contributed by atoms with E-state index < -0.39 is 35.7 Å². The van der Waals surface area contributed by atoms with Gasteiger partial charge in [0.15, 0.2) is 11.9 Å². The number of ketones is 1. The zero-order valence-corrected chi connectivity index (χ0v) is 14.8. The van der Waals surface area contributed by atoms with Crippen molar-refractivity contribution in [2.45, 2.75) is 56.9 Å². The molecule has 1 spiro atoms. The van der Waals surface area contributed by atoms with Gasteiger partial charge in [-0.05, 0) is 56.4 Å². The van der Waals surface area contributed by atoms with Crippen LogP contribution in [0.2, 0.25) is 0 Å². The van der Waals surface area contributed by atoms with E-state index in [1.54, 1.807) is 13.8 Å². The molecule has 0 unspecified atom stereocenters. The summed E-state index contributed by atoms with van der Waals surface area (Å²) in [6, 6.07) is 5.96. The van der Waals surface area contributed by atoms with Crippen molar-refractivity contribution in [3.63, 3.8) is 0 Å². The van der Waals surface area contributed by atoms with Gasteiger partial charge in [0, 0.05) is 5.69 Å². The van der Waals surface area contributed by atoms with Gasteiger partial charge < -0.3 is 18.9 Å². The van der Waals surface area contributed by atoms with E-state index in [0.29, 0.717) is 0 Å². The van der Waals surface area contributed by atoms with Gasteiger partial charge in [-0.15, -0.1) is 0 Å². The Labute approximate surface area is 151 Å². The molecule has 7 heteroatoms. The number of nitrogens with zero attached hydrogens (tertiary/aromatic N) is 1. The molecule has 0 radical (unpaired) electrons. The maximum absolute atomic E-state index is 13.0. The Morgan fingerprint density at radius 2 is 1.92 bits per heavy atom. The van der Waals surface area contributed by atoms with Gasteiger partial charge in [0.2, 0.25) is 5.78 Å². The first-order valence-corrected chi connectivity index (χ1v) is 9.03. The second-order valence-electron chi connectivity index (χ2n) is 7.78. The van der Waals surface area contributed by atoms with E-state index in [4.69, 9.17) is 18.9 Å². The molecule has 26 heavy (non-hydrogen) atoms. The lowest BCUT2D eigenvalue weighted by Gasteiger charge is -2.34. The van der Waals surface area contributed by atoms with Crippen molar-refractivity contribution in [3.05, 3.63) is 29.3 Å². The molecule has 1 amide bonds. The minimum atomic E-state index is -1.62. The third-order valence-electron chi connectivity index (χ3n) is 5.53. The molecule has 4 aliphatic rings. The SMILES string of the molecule is CC1(C)O[C@@H]2CO[C@]3(CN(c4ccc5c(c4)CCC5)C(=O)O3)C(=O)[C@@H]2O1. The number of anilines is 1. The lowest BCUT2D eigenvalue weighted by atomic mass is 9.98. The zero-order chi connectivity index (χ0) is 18.1. The quantitative estimate of drug-likeness (QED) is 0.763. The summed E-state index contributed by atoms with van der Waals surface area (Å²) < 4.78 is 22.6. The summed E-state index contributed by atoms with van der Waals surface area (Å²) >= 11 is 0. The van der Waals surface area contributed by atoms with Crippen LogP contribution in [0.3, 0.4) is 0 Å². The molecular formula is C19H21NO6. The Bertz CT molecular complexity index is 805. The summed E-state index contributed by atoms with van der Waals surface area (Å²) in [5.74, 6) is -2.88. The molecule has 1 aromatic rings. The summed E-state index contributed by atoms with van der Waals surface area (Å²) in [7, 11) is 0. The van der Waals surface area contributed by atoms with E-state index in [1.807, 2.05) is 18.2 Å². The highest BCUT2D eigenvalue weighted by molar-refractivity contribution is 6.00. The fraction of sp³-hybridized carbons (Fsp3) is 0.579. The number of carbonyl (C=O) groups is 2. The molecule has 0 bridgehead atoms. The zero-order valence-electron chi connectivity index (χ0n) is 14.8. The Morgan fingerprint density at radius 3 is 2.77 bits per heavy atom. The molecule has 138 valence electrons. The monoisotopic (exact) mass is 359 g/mol. The molecule has 7 nitrogen and oxygen atoms in total. The van der Waals surface area contributed by atoms with Crippen molar-refractivity contribution < 1.29 is 28.5 Å². The van der Waals surface area contributed by atoms with Crippen molar-refractivity contribution >= 4 is 17.6 Å². The first-order chi connectivity index (χ1) is 12.4. The molecule has 1 aromatic carbocycles.